The Hall–Kier alpha value is -2.24. The molecule has 25 heavy (non-hydrogen) atoms. The van der Waals surface area contributed by atoms with Crippen LogP contribution in [0.1, 0.15) is 23.1 Å². The van der Waals surface area contributed by atoms with Crippen molar-refractivity contribution in [3.63, 3.8) is 0 Å². The number of ether oxygens (including phenoxy) is 1. The summed E-state index contributed by atoms with van der Waals surface area (Å²) < 4.78 is 7.02. The van der Waals surface area contributed by atoms with Crippen molar-refractivity contribution < 1.29 is 9.53 Å². The molecule has 2 heterocycles. The predicted octanol–water partition coefficient (Wildman–Crippen LogP) is 3.83. The van der Waals surface area contributed by atoms with E-state index in [1.54, 1.807) is 11.3 Å². The van der Waals surface area contributed by atoms with Gasteiger partial charge in [-0.2, -0.15) is 0 Å². The minimum absolute atomic E-state index is 0.0265. The van der Waals surface area contributed by atoms with E-state index in [9.17, 15) is 4.79 Å². The van der Waals surface area contributed by atoms with E-state index in [-0.39, 0.29) is 12.0 Å². The molecule has 1 aliphatic rings. The fourth-order valence-electron chi connectivity index (χ4n) is 3.14. The molecule has 1 amide bonds. The minimum atomic E-state index is -0.0265. The Morgan fingerprint density at radius 3 is 2.80 bits per heavy atom. The second-order valence-electron chi connectivity index (χ2n) is 6.19. The molecule has 1 saturated heterocycles. The molecule has 4 nitrogen and oxygen atoms in total. The maximum atomic E-state index is 12.6. The van der Waals surface area contributed by atoms with Gasteiger partial charge >= 0.3 is 0 Å². The second kappa shape index (κ2) is 7.33. The van der Waals surface area contributed by atoms with Crippen molar-refractivity contribution in [3.8, 4) is 0 Å². The molecule has 128 valence electrons. The van der Waals surface area contributed by atoms with Gasteiger partial charge in [0.25, 0.3) is 0 Å². The van der Waals surface area contributed by atoms with Crippen LogP contribution in [0.2, 0.25) is 0 Å². The number of morpholine rings is 1. The van der Waals surface area contributed by atoms with E-state index in [0.717, 1.165) is 16.1 Å². The number of rotatable bonds is 4. The zero-order chi connectivity index (χ0) is 17.1. The van der Waals surface area contributed by atoms with Crippen molar-refractivity contribution >= 4 is 27.5 Å². The third-order valence-electron chi connectivity index (χ3n) is 4.48. The largest absolute Gasteiger partial charge is 0.370 e. The van der Waals surface area contributed by atoms with Crippen molar-refractivity contribution in [2.24, 2.45) is 0 Å². The highest BCUT2D eigenvalue weighted by Crippen LogP contribution is 2.24. The molecule has 0 N–H and O–H groups in total. The van der Waals surface area contributed by atoms with E-state index in [4.69, 9.17) is 4.74 Å². The molecule has 2 aromatic carbocycles. The molecule has 4 rings (SSSR count). The van der Waals surface area contributed by atoms with E-state index in [0.29, 0.717) is 32.5 Å². The van der Waals surface area contributed by atoms with Gasteiger partial charge in [-0.15, -0.1) is 11.3 Å². The number of hydrogen-bond donors (Lipinski definition) is 0. The van der Waals surface area contributed by atoms with E-state index in [1.807, 2.05) is 41.3 Å². The Labute approximate surface area is 151 Å². The molecule has 0 bridgehead atoms. The molecular formula is C20H20N2O2S. The summed E-state index contributed by atoms with van der Waals surface area (Å²) in [7, 11) is 0. The van der Waals surface area contributed by atoms with Crippen LogP contribution in [0.25, 0.3) is 10.2 Å². The van der Waals surface area contributed by atoms with Crippen LogP contribution >= 0.6 is 11.3 Å². The zero-order valence-corrected chi connectivity index (χ0v) is 14.7. The van der Waals surface area contributed by atoms with Crippen molar-refractivity contribution in [2.75, 3.05) is 19.7 Å². The van der Waals surface area contributed by atoms with Gasteiger partial charge in [-0.25, -0.2) is 4.98 Å². The molecule has 1 aromatic heterocycles. The summed E-state index contributed by atoms with van der Waals surface area (Å²) in [6, 6.07) is 18.2. The summed E-state index contributed by atoms with van der Waals surface area (Å²) in [5, 5.41) is 1.03. The molecule has 3 aromatic rings. The highest BCUT2D eigenvalue weighted by molar-refractivity contribution is 7.18. The van der Waals surface area contributed by atoms with Gasteiger partial charge in [0.2, 0.25) is 5.91 Å². The fraction of sp³-hybridized carbons (Fsp3) is 0.300. The number of carbonyl (C=O) groups is 1. The molecular weight excluding hydrogens is 332 g/mol. The van der Waals surface area contributed by atoms with Gasteiger partial charge in [-0.1, -0.05) is 42.5 Å². The molecule has 0 radical (unpaired) electrons. The van der Waals surface area contributed by atoms with E-state index < -0.39 is 0 Å². The number of amides is 1. The molecule has 1 unspecified atom stereocenters. The van der Waals surface area contributed by atoms with Crippen LogP contribution in [0.5, 0.6) is 0 Å². The number of hydrogen-bond acceptors (Lipinski definition) is 4. The quantitative estimate of drug-likeness (QED) is 0.717. The molecule has 0 saturated carbocycles. The number of para-hydroxylation sites is 1. The second-order valence-corrected chi connectivity index (χ2v) is 7.30. The van der Waals surface area contributed by atoms with Crippen LogP contribution in [0.3, 0.4) is 0 Å². The lowest BCUT2D eigenvalue weighted by Crippen LogP contribution is -2.42. The van der Waals surface area contributed by atoms with Gasteiger partial charge < -0.3 is 9.64 Å². The van der Waals surface area contributed by atoms with Crippen molar-refractivity contribution in [3.05, 3.63) is 65.2 Å². The third-order valence-corrected chi connectivity index (χ3v) is 5.58. The van der Waals surface area contributed by atoms with Crippen molar-refractivity contribution in [1.82, 2.24) is 9.88 Å². The van der Waals surface area contributed by atoms with Gasteiger partial charge in [0.05, 0.1) is 28.4 Å². The first kappa shape index (κ1) is 16.2. The average Bonchev–Trinajstić information content (AvgIpc) is 3.10. The van der Waals surface area contributed by atoms with Gasteiger partial charge in [0.15, 0.2) is 0 Å². The predicted molar refractivity (Wildman–Crippen MR) is 99.7 cm³/mol. The first-order chi connectivity index (χ1) is 12.3. The third kappa shape index (κ3) is 3.72. The Bertz CT molecular complexity index is 829. The van der Waals surface area contributed by atoms with Gasteiger partial charge in [-0.3, -0.25) is 4.79 Å². The lowest BCUT2D eigenvalue weighted by molar-refractivity contribution is -0.139. The molecule has 1 aliphatic heterocycles. The summed E-state index contributed by atoms with van der Waals surface area (Å²) in [6.07, 6.45) is 1.17. The van der Waals surface area contributed by atoms with E-state index in [2.05, 4.69) is 23.2 Å². The van der Waals surface area contributed by atoms with Crippen LogP contribution in [-0.2, 0) is 16.0 Å². The number of benzene rings is 2. The van der Waals surface area contributed by atoms with Gasteiger partial charge in [0, 0.05) is 19.4 Å². The number of thiazole rings is 1. The highest BCUT2D eigenvalue weighted by atomic mass is 32.1. The number of aromatic nitrogens is 1. The SMILES string of the molecule is O=C(CCc1nc2ccccc2s1)N1CCOC(c2ccccc2)C1. The van der Waals surface area contributed by atoms with Gasteiger partial charge in [0.1, 0.15) is 6.10 Å². The summed E-state index contributed by atoms with van der Waals surface area (Å²) in [5.41, 5.74) is 2.15. The average molecular weight is 352 g/mol. The smallest absolute Gasteiger partial charge is 0.223 e. The number of carbonyl (C=O) groups excluding carboxylic acids is 1. The standard InChI is InChI=1S/C20H20N2O2S/c23-20(11-10-19-21-16-8-4-5-9-18(16)25-19)22-12-13-24-17(14-22)15-6-2-1-3-7-15/h1-9,17H,10-14H2. The lowest BCUT2D eigenvalue weighted by Gasteiger charge is -2.33. The summed E-state index contributed by atoms with van der Waals surface area (Å²) in [6.45, 7) is 1.89. The lowest BCUT2D eigenvalue weighted by atomic mass is 10.1. The Morgan fingerprint density at radius 2 is 1.96 bits per heavy atom. The van der Waals surface area contributed by atoms with E-state index in [1.165, 1.54) is 4.70 Å². The van der Waals surface area contributed by atoms with Crippen LogP contribution in [-0.4, -0.2) is 35.5 Å². The van der Waals surface area contributed by atoms with Crippen LogP contribution in [0.15, 0.2) is 54.6 Å². The summed E-state index contributed by atoms with van der Waals surface area (Å²) in [4.78, 5) is 19.2. The Kier molecular flexibility index (Phi) is 4.76. The molecule has 0 spiro atoms. The van der Waals surface area contributed by atoms with Crippen LogP contribution < -0.4 is 0 Å². The van der Waals surface area contributed by atoms with Gasteiger partial charge in [-0.05, 0) is 17.7 Å². The molecule has 1 fully saturated rings. The number of aryl methyl sites for hydroxylation is 1. The summed E-state index contributed by atoms with van der Waals surface area (Å²) >= 11 is 1.68. The zero-order valence-electron chi connectivity index (χ0n) is 13.9. The first-order valence-electron chi connectivity index (χ1n) is 8.58. The number of nitrogens with zero attached hydrogens (tertiary/aromatic N) is 2. The summed E-state index contributed by atoms with van der Waals surface area (Å²) in [5.74, 6) is 0.184. The van der Waals surface area contributed by atoms with Crippen molar-refractivity contribution in [1.29, 1.82) is 0 Å². The highest BCUT2D eigenvalue weighted by Gasteiger charge is 2.25. The van der Waals surface area contributed by atoms with Crippen LogP contribution in [0.4, 0.5) is 0 Å². The number of fused-ring (bicyclic) bond motifs is 1. The van der Waals surface area contributed by atoms with Crippen molar-refractivity contribution in [2.45, 2.75) is 18.9 Å². The molecule has 1 atom stereocenters. The maximum absolute atomic E-state index is 12.6. The molecule has 0 aliphatic carbocycles. The Morgan fingerprint density at radius 1 is 1.16 bits per heavy atom. The minimum Gasteiger partial charge on any atom is -0.370 e. The fourth-order valence-corrected chi connectivity index (χ4v) is 4.11. The monoisotopic (exact) mass is 352 g/mol. The topological polar surface area (TPSA) is 42.4 Å². The normalized spacial score (nSPS) is 17.8. The van der Waals surface area contributed by atoms with Crippen LogP contribution in [0, 0.1) is 0 Å². The molecule has 5 heteroatoms. The Balaban J connectivity index is 1.37. The first-order valence-corrected chi connectivity index (χ1v) is 9.40. The van der Waals surface area contributed by atoms with E-state index >= 15 is 0 Å². The maximum Gasteiger partial charge on any atom is 0.223 e.